The Labute approximate surface area is 113 Å². The molecular weight excluding hydrogens is 240 g/mol. The largest absolute Gasteiger partial charge is 0.494 e. The predicted molar refractivity (Wildman–Crippen MR) is 74.6 cm³/mol. The van der Waals surface area contributed by atoms with Crippen LogP contribution in [0.1, 0.15) is 30.6 Å². The van der Waals surface area contributed by atoms with Crippen LogP contribution in [0.25, 0.3) is 0 Å². The van der Waals surface area contributed by atoms with Gasteiger partial charge < -0.3 is 9.30 Å². The average Bonchev–Trinajstić information content (AvgIpc) is 2.85. The Hall–Kier alpha value is -1.85. The molecule has 0 aliphatic heterocycles. The second-order valence-corrected chi connectivity index (χ2v) is 4.45. The van der Waals surface area contributed by atoms with Gasteiger partial charge in [0.15, 0.2) is 0 Å². The number of nitrogens with zero attached hydrogens (tertiary/aromatic N) is 2. The molecule has 0 radical (unpaired) electrons. The van der Waals surface area contributed by atoms with E-state index in [-0.39, 0.29) is 6.04 Å². The summed E-state index contributed by atoms with van der Waals surface area (Å²) in [6.07, 6.45) is 4.58. The third-order valence-corrected chi connectivity index (χ3v) is 3.00. The Kier molecular flexibility index (Phi) is 4.54. The van der Waals surface area contributed by atoms with Crippen LogP contribution in [0.5, 0.6) is 5.75 Å². The zero-order chi connectivity index (χ0) is 13.7. The second-order valence-electron chi connectivity index (χ2n) is 4.45. The van der Waals surface area contributed by atoms with Crippen molar-refractivity contribution < 1.29 is 4.74 Å². The maximum absolute atomic E-state index is 5.66. The Morgan fingerprint density at radius 3 is 2.63 bits per heavy atom. The number of benzene rings is 1. The first-order valence-corrected chi connectivity index (χ1v) is 6.41. The predicted octanol–water partition coefficient (Wildman–Crippen LogP) is 1.76. The maximum Gasteiger partial charge on any atom is 0.119 e. The highest BCUT2D eigenvalue weighted by Crippen LogP contribution is 2.23. The van der Waals surface area contributed by atoms with Crippen LogP contribution in [0, 0.1) is 0 Å². The van der Waals surface area contributed by atoms with Crippen LogP contribution in [0.2, 0.25) is 0 Å². The molecule has 2 aromatic rings. The van der Waals surface area contributed by atoms with E-state index < -0.39 is 0 Å². The molecule has 0 saturated carbocycles. The van der Waals surface area contributed by atoms with E-state index in [4.69, 9.17) is 10.6 Å². The molecule has 5 heteroatoms. The number of rotatable bonds is 6. The van der Waals surface area contributed by atoms with Crippen molar-refractivity contribution in [1.82, 2.24) is 15.0 Å². The van der Waals surface area contributed by atoms with Crippen molar-refractivity contribution >= 4 is 0 Å². The highest BCUT2D eigenvalue weighted by molar-refractivity contribution is 5.32. The lowest BCUT2D eigenvalue weighted by Crippen LogP contribution is -2.30. The first kappa shape index (κ1) is 13.6. The number of imidazole rings is 1. The summed E-state index contributed by atoms with van der Waals surface area (Å²) in [5.41, 5.74) is 4.92. The van der Waals surface area contributed by atoms with Gasteiger partial charge in [-0.15, -0.1) is 0 Å². The number of hydrazine groups is 1. The smallest absolute Gasteiger partial charge is 0.119 e. The topological polar surface area (TPSA) is 65.1 Å². The Morgan fingerprint density at radius 2 is 2.11 bits per heavy atom. The fourth-order valence-corrected chi connectivity index (χ4v) is 1.97. The van der Waals surface area contributed by atoms with Crippen molar-refractivity contribution in [3.05, 3.63) is 48.0 Å². The van der Waals surface area contributed by atoms with Crippen LogP contribution in [0.15, 0.2) is 36.8 Å². The minimum Gasteiger partial charge on any atom is -0.494 e. The number of hydrogen-bond donors (Lipinski definition) is 2. The number of hydrogen-bond acceptors (Lipinski definition) is 4. The van der Waals surface area contributed by atoms with E-state index in [9.17, 15) is 0 Å². The van der Waals surface area contributed by atoms with Crippen LogP contribution in [-0.4, -0.2) is 16.2 Å². The maximum atomic E-state index is 5.66. The van der Waals surface area contributed by atoms with Crippen molar-refractivity contribution in [2.24, 2.45) is 12.9 Å². The quantitative estimate of drug-likeness (QED) is 0.613. The van der Waals surface area contributed by atoms with Gasteiger partial charge in [-0.3, -0.25) is 5.84 Å². The third-order valence-electron chi connectivity index (χ3n) is 3.00. The van der Waals surface area contributed by atoms with E-state index >= 15 is 0 Å². The van der Waals surface area contributed by atoms with E-state index in [0.29, 0.717) is 0 Å². The van der Waals surface area contributed by atoms with Crippen LogP contribution in [0.4, 0.5) is 0 Å². The van der Waals surface area contributed by atoms with E-state index in [1.165, 1.54) is 0 Å². The number of aromatic nitrogens is 2. The van der Waals surface area contributed by atoms with Gasteiger partial charge in [-0.2, -0.15) is 0 Å². The second kappa shape index (κ2) is 6.36. The molecule has 0 aliphatic rings. The van der Waals surface area contributed by atoms with Gasteiger partial charge in [-0.1, -0.05) is 19.1 Å². The summed E-state index contributed by atoms with van der Waals surface area (Å²) in [5, 5.41) is 0. The molecule has 0 bridgehead atoms. The van der Waals surface area contributed by atoms with E-state index in [1.807, 2.05) is 42.1 Å². The first-order valence-electron chi connectivity index (χ1n) is 6.41. The van der Waals surface area contributed by atoms with Crippen LogP contribution in [0.3, 0.4) is 0 Å². The Balaban J connectivity index is 2.18. The van der Waals surface area contributed by atoms with Crippen molar-refractivity contribution in [2.45, 2.75) is 19.4 Å². The average molecular weight is 260 g/mol. The summed E-state index contributed by atoms with van der Waals surface area (Å²) in [7, 11) is 1.95. The minimum atomic E-state index is -0.0762. The van der Waals surface area contributed by atoms with Crippen molar-refractivity contribution in [3.63, 3.8) is 0 Å². The zero-order valence-corrected chi connectivity index (χ0v) is 11.3. The Morgan fingerprint density at radius 1 is 1.37 bits per heavy atom. The fraction of sp³-hybridized carbons (Fsp3) is 0.357. The standard InChI is InChI=1S/C14H20N4O/c1-3-8-19-12-6-4-11(5-7-12)14(17-15)13-9-16-10-18(13)2/h4-7,9-10,14,17H,3,8,15H2,1-2H3. The van der Waals surface area contributed by atoms with Crippen molar-refractivity contribution in [3.8, 4) is 5.75 Å². The molecule has 0 fully saturated rings. The van der Waals surface area contributed by atoms with Crippen LogP contribution in [-0.2, 0) is 7.05 Å². The fourth-order valence-electron chi connectivity index (χ4n) is 1.97. The molecule has 102 valence electrons. The third kappa shape index (κ3) is 3.13. The lowest BCUT2D eigenvalue weighted by molar-refractivity contribution is 0.317. The van der Waals surface area contributed by atoms with Gasteiger partial charge in [0.1, 0.15) is 5.75 Å². The summed E-state index contributed by atoms with van der Waals surface area (Å²) in [6.45, 7) is 2.82. The molecule has 1 aromatic heterocycles. The summed E-state index contributed by atoms with van der Waals surface area (Å²) in [5.74, 6) is 6.54. The van der Waals surface area contributed by atoms with Crippen molar-refractivity contribution in [1.29, 1.82) is 0 Å². The SMILES string of the molecule is CCCOc1ccc(C(NN)c2cncn2C)cc1. The molecule has 0 spiro atoms. The molecule has 5 nitrogen and oxygen atoms in total. The van der Waals surface area contributed by atoms with Crippen molar-refractivity contribution in [2.75, 3.05) is 6.61 Å². The molecule has 1 atom stereocenters. The van der Waals surface area contributed by atoms with Gasteiger partial charge in [-0.05, 0) is 24.1 Å². The molecule has 3 N–H and O–H groups in total. The lowest BCUT2D eigenvalue weighted by Gasteiger charge is -2.17. The lowest BCUT2D eigenvalue weighted by atomic mass is 10.0. The number of ether oxygens (including phenoxy) is 1. The van der Waals surface area contributed by atoms with Gasteiger partial charge in [0.2, 0.25) is 0 Å². The summed E-state index contributed by atoms with van der Waals surface area (Å²) >= 11 is 0. The molecule has 0 saturated heterocycles. The number of aryl methyl sites for hydroxylation is 1. The van der Waals surface area contributed by atoms with E-state index in [1.54, 1.807) is 6.33 Å². The van der Waals surface area contributed by atoms with Gasteiger partial charge in [0, 0.05) is 7.05 Å². The molecular formula is C14H20N4O. The van der Waals surface area contributed by atoms with Crippen LogP contribution >= 0.6 is 0 Å². The summed E-state index contributed by atoms with van der Waals surface area (Å²) in [4.78, 5) is 4.12. The number of nitrogens with two attached hydrogens (primary N) is 1. The molecule has 19 heavy (non-hydrogen) atoms. The number of nitrogens with one attached hydrogen (secondary N) is 1. The normalized spacial score (nSPS) is 12.4. The summed E-state index contributed by atoms with van der Waals surface area (Å²) < 4.78 is 7.52. The van der Waals surface area contributed by atoms with E-state index in [0.717, 1.165) is 30.0 Å². The van der Waals surface area contributed by atoms with Gasteiger partial charge >= 0.3 is 0 Å². The van der Waals surface area contributed by atoms with Gasteiger partial charge in [-0.25, -0.2) is 10.4 Å². The summed E-state index contributed by atoms with van der Waals surface area (Å²) in [6, 6.07) is 7.88. The molecule has 0 aliphatic carbocycles. The minimum absolute atomic E-state index is 0.0762. The molecule has 1 aromatic carbocycles. The van der Waals surface area contributed by atoms with Crippen LogP contribution < -0.4 is 16.0 Å². The first-order chi connectivity index (χ1) is 9.26. The monoisotopic (exact) mass is 260 g/mol. The zero-order valence-electron chi connectivity index (χ0n) is 11.3. The molecule has 1 unspecified atom stereocenters. The molecule has 2 rings (SSSR count). The van der Waals surface area contributed by atoms with Gasteiger partial charge in [0.05, 0.1) is 30.9 Å². The molecule has 1 heterocycles. The van der Waals surface area contributed by atoms with Gasteiger partial charge in [0.25, 0.3) is 0 Å². The highest BCUT2D eigenvalue weighted by atomic mass is 16.5. The Bertz CT molecular complexity index is 506. The molecule has 0 amide bonds. The highest BCUT2D eigenvalue weighted by Gasteiger charge is 2.15. The van der Waals surface area contributed by atoms with E-state index in [2.05, 4.69) is 17.3 Å².